The molecule has 0 bridgehead atoms. The fourth-order valence-corrected chi connectivity index (χ4v) is 3.30. The monoisotopic (exact) mass is 268 g/mol. The van der Waals surface area contributed by atoms with Crippen molar-refractivity contribution in [2.24, 2.45) is 0 Å². The SMILES string of the molecule is CC1(C)CN(C2CCCCC2)C(=O)C(CC(=O)O)N1. The van der Waals surface area contributed by atoms with Gasteiger partial charge in [0.25, 0.3) is 0 Å². The third-order valence-corrected chi connectivity index (χ3v) is 4.11. The van der Waals surface area contributed by atoms with Gasteiger partial charge in [-0.1, -0.05) is 19.3 Å². The van der Waals surface area contributed by atoms with Gasteiger partial charge in [0.05, 0.1) is 12.5 Å². The first kappa shape index (κ1) is 14.3. The van der Waals surface area contributed by atoms with Crippen LogP contribution in [0.2, 0.25) is 0 Å². The van der Waals surface area contributed by atoms with Crippen LogP contribution in [-0.2, 0) is 9.59 Å². The van der Waals surface area contributed by atoms with Crippen molar-refractivity contribution < 1.29 is 14.7 Å². The zero-order valence-electron chi connectivity index (χ0n) is 11.8. The van der Waals surface area contributed by atoms with Gasteiger partial charge in [-0.15, -0.1) is 0 Å². The van der Waals surface area contributed by atoms with Crippen molar-refractivity contribution >= 4 is 11.9 Å². The minimum atomic E-state index is -0.924. The number of hydrogen-bond donors (Lipinski definition) is 2. The first-order valence-electron chi connectivity index (χ1n) is 7.19. The molecule has 1 atom stereocenters. The molecule has 1 aliphatic heterocycles. The molecule has 0 radical (unpaired) electrons. The Morgan fingerprint density at radius 1 is 1.37 bits per heavy atom. The van der Waals surface area contributed by atoms with Crippen molar-refractivity contribution in [3.8, 4) is 0 Å². The van der Waals surface area contributed by atoms with Crippen LogP contribution in [0.3, 0.4) is 0 Å². The molecule has 2 aliphatic rings. The third kappa shape index (κ3) is 3.47. The van der Waals surface area contributed by atoms with Gasteiger partial charge in [-0.2, -0.15) is 0 Å². The highest BCUT2D eigenvalue weighted by Gasteiger charge is 2.41. The number of carboxylic acid groups (broad SMARTS) is 1. The third-order valence-electron chi connectivity index (χ3n) is 4.11. The van der Waals surface area contributed by atoms with Crippen molar-refractivity contribution in [1.29, 1.82) is 0 Å². The van der Waals surface area contributed by atoms with Gasteiger partial charge in [0.1, 0.15) is 0 Å². The maximum Gasteiger partial charge on any atom is 0.305 e. The highest BCUT2D eigenvalue weighted by atomic mass is 16.4. The van der Waals surface area contributed by atoms with Gasteiger partial charge in [-0.3, -0.25) is 14.9 Å². The molecule has 0 aromatic carbocycles. The lowest BCUT2D eigenvalue weighted by Crippen LogP contribution is -2.67. The first-order chi connectivity index (χ1) is 8.89. The van der Waals surface area contributed by atoms with Gasteiger partial charge in [-0.05, 0) is 26.7 Å². The molecule has 5 heteroatoms. The molecular formula is C14H24N2O3. The van der Waals surface area contributed by atoms with E-state index in [0.717, 1.165) is 12.8 Å². The summed E-state index contributed by atoms with van der Waals surface area (Å²) in [5.41, 5.74) is -0.217. The number of hydrogen-bond acceptors (Lipinski definition) is 3. The molecule has 5 nitrogen and oxygen atoms in total. The smallest absolute Gasteiger partial charge is 0.305 e. The van der Waals surface area contributed by atoms with Gasteiger partial charge in [0.2, 0.25) is 5.91 Å². The summed E-state index contributed by atoms with van der Waals surface area (Å²) < 4.78 is 0. The first-order valence-corrected chi connectivity index (χ1v) is 7.19. The van der Waals surface area contributed by atoms with Gasteiger partial charge in [-0.25, -0.2) is 0 Å². The van der Waals surface area contributed by atoms with E-state index in [1.807, 2.05) is 18.7 Å². The van der Waals surface area contributed by atoms with E-state index < -0.39 is 12.0 Å². The number of rotatable bonds is 3. The zero-order chi connectivity index (χ0) is 14.0. The average molecular weight is 268 g/mol. The minimum absolute atomic E-state index is 0.0337. The Kier molecular flexibility index (Phi) is 4.13. The van der Waals surface area contributed by atoms with E-state index >= 15 is 0 Å². The van der Waals surface area contributed by atoms with Crippen LogP contribution in [0.1, 0.15) is 52.4 Å². The molecule has 2 rings (SSSR count). The number of carbonyl (C=O) groups is 2. The number of amides is 1. The molecule has 0 spiro atoms. The second kappa shape index (κ2) is 5.49. The minimum Gasteiger partial charge on any atom is -0.481 e. The molecule has 0 aromatic heterocycles. The Balaban J connectivity index is 2.12. The van der Waals surface area contributed by atoms with Crippen LogP contribution in [0.15, 0.2) is 0 Å². The van der Waals surface area contributed by atoms with Crippen LogP contribution in [0.4, 0.5) is 0 Å². The lowest BCUT2D eigenvalue weighted by molar-refractivity contribution is -0.148. The predicted octanol–water partition coefficient (Wildman–Crippen LogP) is 1.37. The second-order valence-corrected chi connectivity index (χ2v) is 6.44. The number of piperazine rings is 1. The molecular weight excluding hydrogens is 244 g/mol. The molecule has 1 unspecified atom stereocenters. The van der Waals surface area contributed by atoms with E-state index in [1.165, 1.54) is 19.3 Å². The maximum atomic E-state index is 12.4. The molecule has 1 amide bonds. The van der Waals surface area contributed by atoms with Crippen molar-refractivity contribution in [1.82, 2.24) is 10.2 Å². The van der Waals surface area contributed by atoms with E-state index in [2.05, 4.69) is 5.32 Å². The van der Waals surface area contributed by atoms with Crippen LogP contribution in [0.25, 0.3) is 0 Å². The molecule has 1 saturated carbocycles. The zero-order valence-corrected chi connectivity index (χ0v) is 11.8. The lowest BCUT2D eigenvalue weighted by Gasteiger charge is -2.47. The van der Waals surface area contributed by atoms with Gasteiger partial charge in [0, 0.05) is 18.1 Å². The van der Waals surface area contributed by atoms with E-state index in [4.69, 9.17) is 5.11 Å². The van der Waals surface area contributed by atoms with Crippen molar-refractivity contribution in [2.45, 2.75) is 70.0 Å². The lowest BCUT2D eigenvalue weighted by atomic mass is 9.89. The summed E-state index contributed by atoms with van der Waals surface area (Å²) in [6.07, 6.45) is 5.57. The average Bonchev–Trinajstić information content (AvgIpc) is 2.33. The molecule has 2 fully saturated rings. The van der Waals surface area contributed by atoms with Crippen molar-refractivity contribution in [2.75, 3.05) is 6.54 Å². The highest BCUT2D eigenvalue weighted by Crippen LogP contribution is 2.27. The molecule has 0 aromatic rings. The largest absolute Gasteiger partial charge is 0.481 e. The molecule has 108 valence electrons. The van der Waals surface area contributed by atoms with Crippen LogP contribution in [0, 0.1) is 0 Å². The molecule has 1 saturated heterocycles. The molecule has 2 N–H and O–H groups in total. The van der Waals surface area contributed by atoms with Crippen LogP contribution >= 0.6 is 0 Å². The summed E-state index contributed by atoms with van der Waals surface area (Å²) in [5.74, 6) is -0.958. The summed E-state index contributed by atoms with van der Waals surface area (Å²) in [6, 6.07) is -0.276. The number of aliphatic carboxylic acids is 1. The van der Waals surface area contributed by atoms with Crippen molar-refractivity contribution in [3.05, 3.63) is 0 Å². The normalized spacial score (nSPS) is 28.4. The standard InChI is InChI=1S/C14H24N2O3/c1-14(2)9-16(10-6-4-3-5-7-10)13(19)11(15-14)8-12(17)18/h10-11,15H,3-9H2,1-2H3,(H,17,18). The highest BCUT2D eigenvalue weighted by molar-refractivity contribution is 5.87. The Hall–Kier alpha value is -1.10. The van der Waals surface area contributed by atoms with Gasteiger partial charge < -0.3 is 10.0 Å². The van der Waals surface area contributed by atoms with Crippen molar-refractivity contribution in [3.63, 3.8) is 0 Å². The Bertz CT molecular complexity index is 362. The fourth-order valence-electron chi connectivity index (χ4n) is 3.30. The topological polar surface area (TPSA) is 69.6 Å². The van der Waals surface area contributed by atoms with E-state index in [1.54, 1.807) is 0 Å². The Morgan fingerprint density at radius 3 is 2.58 bits per heavy atom. The van der Waals surface area contributed by atoms with E-state index in [9.17, 15) is 9.59 Å². The van der Waals surface area contributed by atoms with Gasteiger partial charge in [0.15, 0.2) is 0 Å². The van der Waals surface area contributed by atoms with Crippen LogP contribution in [-0.4, -0.2) is 46.1 Å². The summed E-state index contributed by atoms with van der Waals surface area (Å²) in [7, 11) is 0. The number of nitrogens with one attached hydrogen (secondary N) is 1. The quantitative estimate of drug-likeness (QED) is 0.811. The van der Waals surface area contributed by atoms with Crippen LogP contribution < -0.4 is 5.32 Å². The van der Waals surface area contributed by atoms with E-state index in [0.29, 0.717) is 12.6 Å². The maximum absolute atomic E-state index is 12.4. The molecule has 1 heterocycles. The summed E-state index contributed by atoms with van der Waals surface area (Å²) in [6.45, 7) is 4.74. The Morgan fingerprint density at radius 2 is 2.00 bits per heavy atom. The Labute approximate surface area is 114 Å². The predicted molar refractivity (Wildman–Crippen MR) is 71.8 cm³/mol. The number of nitrogens with zero attached hydrogens (tertiary/aromatic N) is 1. The summed E-state index contributed by atoms with van der Waals surface area (Å²) in [4.78, 5) is 25.3. The van der Waals surface area contributed by atoms with Crippen LogP contribution in [0.5, 0.6) is 0 Å². The summed E-state index contributed by atoms with van der Waals surface area (Å²) >= 11 is 0. The molecule has 1 aliphatic carbocycles. The number of carboxylic acids is 1. The van der Waals surface area contributed by atoms with E-state index in [-0.39, 0.29) is 17.9 Å². The number of carbonyl (C=O) groups excluding carboxylic acids is 1. The molecule has 19 heavy (non-hydrogen) atoms. The fraction of sp³-hybridized carbons (Fsp3) is 0.857. The van der Waals surface area contributed by atoms with Gasteiger partial charge >= 0.3 is 5.97 Å². The summed E-state index contributed by atoms with van der Waals surface area (Å²) in [5, 5.41) is 12.1. The second-order valence-electron chi connectivity index (χ2n) is 6.44.